The largest absolute Gasteiger partial charge is 0.380 e. The van der Waals surface area contributed by atoms with Gasteiger partial charge >= 0.3 is 0 Å². The van der Waals surface area contributed by atoms with Crippen LogP contribution in [0.3, 0.4) is 0 Å². The van der Waals surface area contributed by atoms with Gasteiger partial charge in [0.1, 0.15) is 18.2 Å². The number of hydrogen-bond donors (Lipinski definition) is 0. The van der Waals surface area contributed by atoms with Crippen LogP contribution in [-0.2, 0) is 17.9 Å². The number of nitrogens with zero attached hydrogens (tertiary/aromatic N) is 3. The van der Waals surface area contributed by atoms with Gasteiger partial charge in [0.25, 0.3) is 5.56 Å². The second-order valence-corrected chi connectivity index (χ2v) is 3.28. The van der Waals surface area contributed by atoms with Crippen LogP contribution in [0.15, 0.2) is 10.9 Å². The number of aromatic nitrogens is 1. The average molecular weight is 217 g/mol. The summed E-state index contributed by atoms with van der Waals surface area (Å²) in [6.45, 7) is 1.89. The zero-order valence-electron chi connectivity index (χ0n) is 9.15. The lowest BCUT2D eigenvalue weighted by Gasteiger charge is -2.09. The normalized spacial score (nSPS) is 9.50. The number of pyridine rings is 1. The molecule has 0 fully saturated rings. The number of hydrogen-bond acceptors (Lipinski definition) is 4. The Balaban J connectivity index is 3.46. The van der Waals surface area contributed by atoms with Gasteiger partial charge in [0.2, 0.25) is 0 Å². The van der Waals surface area contributed by atoms with Gasteiger partial charge in [-0.25, -0.2) is 0 Å². The highest BCUT2D eigenvalue weighted by atomic mass is 16.5. The molecule has 1 aromatic heterocycles. The summed E-state index contributed by atoms with van der Waals surface area (Å²) in [5, 5.41) is 17.5. The predicted molar refractivity (Wildman–Crippen MR) is 56.5 cm³/mol. The standard InChI is InChI=1S/C11H11N3O2/c1-8-5-9(7-16-2)10(6-13)11(15)14(8)4-3-12/h5H,4,7H2,1-2H3. The van der Waals surface area contributed by atoms with E-state index in [-0.39, 0.29) is 18.7 Å². The minimum Gasteiger partial charge on any atom is -0.380 e. The Hall–Kier alpha value is -2.11. The van der Waals surface area contributed by atoms with Gasteiger partial charge in [-0.2, -0.15) is 10.5 Å². The van der Waals surface area contributed by atoms with Crippen molar-refractivity contribution in [1.82, 2.24) is 4.57 Å². The Bertz CT molecular complexity index is 532. The molecule has 0 amide bonds. The molecule has 0 aromatic carbocycles. The molecule has 16 heavy (non-hydrogen) atoms. The Morgan fingerprint density at radius 2 is 2.19 bits per heavy atom. The van der Waals surface area contributed by atoms with Crippen molar-refractivity contribution in [1.29, 1.82) is 10.5 Å². The fourth-order valence-corrected chi connectivity index (χ4v) is 1.49. The number of ether oxygens (including phenoxy) is 1. The second-order valence-electron chi connectivity index (χ2n) is 3.28. The van der Waals surface area contributed by atoms with Gasteiger partial charge in [0.05, 0.1) is 12.7 Å². The third-order valence-corrected chi connectivity index (χ3v) is 2.23. The first-order chi connectivity index (χ1) is 7.65. The summed E-state index contributed by atoms with van der Waals surface area (Å²) >= 11 is 0. The SMILES string of the molecule is COCc1cc(C)n(CC#N)c(=O)c1C#N. The predicted octanol–water partition coefficient (Wildman–Crippen LogP) is 0.698. The molecule has 0 aliphatic rings. The van der Waals surface area contributed by atoms with E-state index >= 15 is 0 Å². The van der Waals surface area contributed by atoms with Crippen molar-refractivity contribution in [3.05, 3.63) is 33.2 Å². The number of aryl methyl sites for hydroxylation is 1. The Labute approximate surface area is 93.1 Å². The molecule has 5 nitrogen and oxygen atoms in total. The van der Waals surface area contributed by atoms with E-state index in [9.17, 15) is 4.79 Å². The molecule has 5 heteroatoms. The maximum Gasteiger partial charge on any atom is 0.269 e. The molecule has 1 heterocycles. The lowest BCUT2D eigenvalue weighted by molar-refractivity contribution is 0.184. The molecular formula is C11H11N3O2. The van der Waals surface area contributed by atoms with Crippen LogP contribution in [0.2, 0.25) is 0 Å². The molecule has 0 aliphatic carbocycles. The van der Waals surface area contributed by atoms with Crippen LogP contribution in [0.4, 0.5) is 0 Å². The highest BCUT2D eigenvalue weighted by Crippen LogP contribution is 2.08. The Kier molecular flexibility index (Phi) is 3.82. The van der Waals surface area contributed by atoms with Crippen molar-refractivity contribution < 1.29 is 4.74 Å². The first kappa shape index (κ1) is 12.0. The topological polar surface area (TPSA) is 78.8 Å². The fraction of sp³-hybridized carbons (Fsp3) is 0.364. The van der Waals surface area contributed by atoms with E-state index in [1.807, 2.05) is 12.1 Å². The summed E-state index contributed by atoms with van der Waals surface area (Å²) in [7, 11) is 1.50. The van der Waals surface area contributed by atoms with E-state index < -0.39 is 5.56 Å². The van der Waals surface area contributed by atoms with Crippen LogP contribution in [0.5, 0.6) is 0 Å². The van der Waals surface area contributed by atoms with Crippen molar-refractivity contribution in [3.8, 4) is 12.1 Å². The summed E-state index contributed by atoms with van der Waals surface area (Å²) in [4.78, 5) is 11.8. The Morgan fingerprint density at radius 3 is 2.69 bits per heavy atom. The highest BCUT2D eigenvalue weighted by Gasteiger charge is 2.11. The molecule has 1 rings (SSSR count). The molecule has 0 saturated heterocycles. The Morgan fingerprint density at radius 1 is 1.50 bits per heavy atom. The summed E-state index contributed by atoms with van der Waals surface area (Å²) in [5.41, 5.74) is 0.818. The maximum atomic E-state index is 11.8. The summed E-state index contributed by atoms with van der Waals surface area (Å²) in [6, 6.07) is 5.44. The molecule has 1 aromatic rings. The lowest BCUT2D eigenvalue weighted by atomic mass is 10.1. The van der Waals surface area contributed by atoms with E-state index in [0.29, 0.717) is 11.3 Å². The molecule has 0 bridgehead atoms. The van der Waals surface area contributed by atoms with Crippen molar-refractivity contribution in [2.75, 3.05) is 7.11 Å². The van der Waals surface area contributed by atoms with Gasteiger partial charge in [-0.1, -0.05) is 0 Å². The van der Waals surface area contributed by atoms with Crippen molar-refractivity contribution in [2.45, 2.75) is 20.1 Å². The van der Waals surface area contributed by atoms with Crippen LogP contribution in [0.25, 0.3) is 0 Å². The number of methoxy groups -OCH3 is 1. The maximum absolute atomic E-state index is 11.8. The highest BCUT2D eigenvalue weighted by molar-refractivity contribution is 5.37. The van der Waals surface area contributed by atoms with Gasteiger partial charge in [-0.3, -0.25) is 9.36 Å². The van der Waals surface area contributed by atoms with Gasteiger partial charge in [0, 0.05) is 18.4 Å². The van der Waals surface area contributed by atoms with Crippen LogP contribution in [0.1, 0.15) is 16.8 Å². The molecule has 0 radical (unpaired) electrons. The van der Waals surface area contributed by atoms with Gasteiger partial charge < -0.3 is 4.74 Å². The molecule has 0 spiro atoms. The molecule has 82 valence electrons. The minimum atomic E-state index is -0.434. The summed E-state index contributed by atoms with van der Waals surface area (Å²) in [5.74, 6) is 0. The molecule has 0 unspecified atom stereocenters. The lowest BCUT2D eigenvalue weighted by Crippen LogP contribution is -2.26. The van der Waals surface area contributed by atoms with Crippen molar-refractivity contribution >= 4 is 0 Å². The zero-order valence-corrected chi connectivity index (χ0v) is 9.15. The van der Waals surface area contributed by atoms with Crippen LogP contribution in [0, 0.1) is 29.6 Å². The van der Waals surface area contributed by atoms with E-state index in [4.69, 9.17) is 15.3 Å². The number of nitriles is 2. The zero-order chi connectivity index (χ0) is 12.1. The third kappa shape index (κ3) is 2.10. The van der Waals surface area contributed by atoms with E-state index in [2.05, 4.69) is 0 Å². The van der Waals surface area contributed by atoms with Crippen molar-refractivity contribution in [2.24, 2.45) is 0 Å². The molecule has 0 atom stereocenters. The quantitative estimate of drug-likeness (QED) is 0.746. The molecule has 0 saturated carbocycles. The third-order valence-electron chi connectivity index (χ3n) is 2.23. The average Bonchev–Trinajstić information content (AvgIpc) is 2.25. The van der Waals surface area contributed by atoms with Gasteiger partial charge in [0.15, 0.2) is 0 Å². The first-order valence-electron chi connectivity index (χ1n) is 4.65. The van der Waals surface area contributed by atoms with Crippen LogP contribution in [-0.4, -0.2) is 11.7 Å². The van der Waals surface area contributed by atoms with E-state index in [1.165, 1.54) is 11.7 Å². The monoisotopic (exact) mass is 217 g/mol. The van der Waals surface area contributed by atoms with Crippen LogP contribution < -0.4 is 5.56 Å². The molecular weight excluding hydrogens is 206 g/mol. The second kappa shape index (κ2) is 5.11. The van der Waals surface area contributed by atoms with E-state index in [1.54, 1.807) is 13.0 Å². The first-order valence-corrected chi connectivity index (χ1v) is 4.65. The van der Waals surface area contributed by atoms with E-state index in [0.717, 1.165) is 0 Å². The molecule has 0 aliphatic heterocycles. The van der Waals surface area contributed by atoms with Crippen molar-refractivity contribution in [3.63, 3.8) is 0 Å². The smallest absolute Gasteiger partial charge is 0.269 e. The summed E-state index contributed by atoms with van der Waals surface area (Å²) in [6.07, 6.45) is 0. The van der Waals surface area contributed by atoms with Crippen LogP contribution >= 0.6 is 0 Å². The summed E-state index contributed by atoms with van der Waals surface area (Å²) < 4.78 is 6.19. The van der Waals surface area contributed by atoms with Gasteiger partial charge in [-0.15, -0.1) is 0 Å². The molecule has 0 N–H and O–H groups in total. The fourth-order valence-electron chi connectivity index (χ4n) is 1.49. The number of rotatable bonds is 3. The van der Waals surface area contributed by atoms with Gasteiger partial charge in [-0.05, 0) is 13.0 Å². The minimum absolute atomic E-state index is 0.0442.